The van der Waals surface area contributed by atoms with E-state index in [1.165, 1.54) is 23.4 Å². The number of anilines is 2. The molecule has 1 N–H and O–H groups in total. The highest BCUT2D eigenvalue weighted by Gasteiger charge is 2.10. The van der Waals surface area contributed by atoms with Crippen molar-refractivity contribution in [1.82, 2.24) is 0 Å². The highest BCUT2D eigenvalue weighted by Crippen LogP contribution is 2.27. The summed E-state index contributed by atoms with van der Waals surface area (Å²) in [5.74, 6) is 0. The van der Waals surface area contributed by atoms with Gasteiger partial charge in [-0.2, -0.15) is 0 Å². The molecule has 0 saturated carbocycles. The lowest BCUT2D eigenvalue weighted by molar-refractivity contribution is 0.837. The zero-order valence-electron chi connectivity index (χ0n) is 8.30. The van der Waals surface area contributed by atoms with E-state index in [9.17, 15) is 0 Å². The Morgan fingerprint density at radius 1 is 1.38 bits per heavy atom. The van der Waals surface area contributed by atoms with Crippen LogP contribution in [-0.2, 0) is 0 Å². The van der Waals surface area contributed by atoms with Crippen molar-refractivity contribution in [1.29, 1.82) is 0 Å². The predicted molar refractivity (Wildman–Crippen MR) is 57.6 cm³/mol. The van der Waals surface area contributed by atoms with Gasteiger partial charge in [-0.15, -0.1) is 0 Å². The molecule has 2 rings (SSSR count). The van der Waals surface area contributed by atoms with Crippen molar-refractivity contribution in [2.75, 3.05) is 30.4 Å². The van der Waals surface area contributed by atoms with Crippen molar-refractivity contribution in [3.05, 3.63) is 23.8 Å². The van der Waals surface area contributed by atoms with Gasteiger partial charge in [0.2, 0.25) is 0 Å². The fourth-order valence-electron chi connectivity index (χ4n) is 1.78. The zero-order valence-corrected chi connectivity index (χ0v) is 8.30. The minimum absolute atomic E-state index is 1.08. The molecule has 0 bridgehead atoms. The van der Waals surface area contributed by atoms with Crippen LogP contribution in [0.2, 0.25) is 0 Å². The van der Waals surface area contributed by atoms with Gasteiger partial charge < -0.3 is 10.2 Å². The van der Waals surface area contributed by atoms with Gasteiger partial charge in [0.05, 0.1) is 11.4 Å². The van der Waals surface area contributed by atoms with Crippen molar-refractivity contribution in [2.45, 2.75) is 13.3 Å². The maximum atomic E-state index is 3.45. The molecule has 1 heterocycles. The molecule has 0 fully saturated rings. The summed E-state index contributed by atoms with van der Waals surface area (Å²) in [5, 5.41) is 3.45. The Labute approximate surface area is 79.6 Å². The molecule has 1 aliphatic heterocycles. The van der Waals surface area contributed by atoms with E-state index in [0.717, 1.165) is 13.1 Å². The van der Waals surface area contributed by atoms with Crippen molar-refractivity contribution >= 4 is 11.4 Å². The highest BCUT2D eigenvalue weighted by atomic mass is 15.1. The number of benzene rings is 1. The molecule has 2 heteroatoms. The molecule has 0 saturated heterocycles. The van der Waals surface area contributed by atoms with E-state index in [0.29, 0.717) is 0 Å². The SMILES string of the molecule is Cc1ccc2c(c1)NCCCN2C. The largest absolute Gasteiger partial charge is 0.383 e. The maximum Gasteiger partial charge on any atom is 0.0599 e. The van der Waals surface area contributed by atoms with E-state index < -0.39 is 0 Å². The topological polar surface area (TPSA) is 15.3 Å². The number of hydrogen-bond acceptors (Lipinski definition) is 2. The molecule has 1 aliphatic rings. The maximum absolute atomic E-state index is 3.45. The van der Waals surface area contributed by atoms with E-state index in [1.807, 2.05) is 0 Å². The Morgan fingerprint density at radius 3 is 3.08 bits per heavy atom. The van der Waals surface area contributed by atoms with Gasteiger partial charge in [0.15, 0.2) is 0 Å². The van der Waals surface area contributed by atoms with Crippen LogP contribution < -0.4 is 10.2 Å². The summed E-state index contributed by atoms with van der Waals surface area (Å²) in [6.07, 6.45) is 1.21. The van der Waals surface area contributed by atoms with Crippen molar-refractivity contribution in [3.63, 3.8) is 0 Å². The minimum atomic E-state index is 1.08. The van der Waals surface area contributed by atoms with E-state index in [-0.39, 0.29) is 0 Å². The quantitative estimate of drug-likeness (QED) is 0.652. The smallest absolute Gasteiger partial charge is 0.0599 e. The fraction of sp³-hybridized carbons (Fsp3) is 0.455. The summed E-state index contributed by atoms with van der Waals surface area (Å²) < 4.78 is 0. The first-order chi connectivity index (χ1) is 6.27. The van der Waals surface area contributed by atoms with Crippen LogP contribution in [0.25, 0.3) is 0 Å². The second kappa shape index (κ2) is 3.29. The normalized spacial score (nSPS) is 16.0. The van der Waals surface area contributed by atoms with Crippen LogP contribution in [0.5, 0.6) is 0 Å². The number of hydrogen-bond donors (Lipinski definition) is 1. The van der Waals surface area contributed by atoms with Crippen LogP contribution in [0.1, 0.15) is 12.0 Å². The van der Waals surface area contributed by atoms with Crippen molar-refractivity contribution in [3.8, 4) is 0 Å². The Bertz CT molecular complexity index is 307. The van der Waals surface area contributed by atoms with Gasteiger partial charge in [-0.25, -0.2) is 0 Å². The number of rotatable bonds is 0. The summed E-state index contributed by atoms with van der Waals surface area (Å²) in [4.78, 5) is 2.31. The Balaban J connectivity index is 2.42. The molecule has 70 valence electrons. The van der Waals surface area contributed by atoms with Gasteiger partial charge in [0.25, 0.3) is 0 Å². The number of aryl methyl sites for hydroxylation is 1. The third-order valence-electron chi connectivity index (χ3n) is 2.55. The van der Waals surface area contributed by atoms with Gasteiger partial charge in [-0.1, -0.05) is 6.07 Å². The van der Waals surface area contributed by atoms with Crippen molar-refractivity contribution in [2.24, 2.45) is 0 Å². The summed E-state index contributed by atoms with van der Waals surface area (Å²) >= 11 is 0. The van der Waals surface area contributed by atoms with E-state index in [4.69, 9.17) is 0 Å². The molecule has 2 nitrogen and oxygen atoms in total. The second-order valence-electron chi connectivity index (χ2n) is 3.72. The van der Waals surface area contributed by atoms with Crippen LogP contribution in [0, 0.1) is 6.92 Å². The molecule has 0 radical (unpaired) electrons. The average Bonchev–Trinajstić information content (AvgIpc) is 2.28. The molecule has 0 atom stereocenters. The summed E-state index contributed by atoms with van der Waals surface area (Å²) in [6, 6.07) is 6.59. The van der Waals surface area contributed by atoms with Gasteiger partial charge >= 0.3 is 0 Å². The Kier molecular flexibility index (Phi) is 2.13. The third kappa shape index (κ3) is 1.62. The van der Waals surface area contributed by atoms with Gasteiger partial charge in [-0.3, -0.25) is 0 Å². The van der Waals surface area contributed by atoms with Crippen LogP contribution >= 0.6 is 0 Å². The lowest BCUT2D eigenvalue weighted by Crippen LogP contribution is -2.17. The molecular weight excluding hydrogens is 160 g/mol. The van der Waals surface area contributed by atoms with Crippen LogP contribution in [-0.4, -0.2) is 20.1 Å². The molecule has 13 heavy (non-hydrogen) atoms. The highest BCUT2D eigenvalue weighted by molar-refractivity contribution is 5.71. The molecule has 0 unspecified atom stereocenters. The number of nitrogens with one attached hydrogen (secondary N) is 1. The Morgan fingerprint density at radius 2 is 2.23 bits per heavy atom. The molecule has 1 aromatic carbocycles. The van der Waals surface area contributed by atoms with E-state index >= 15 is 0 Å². The van der Waals surface area contributed by atoms with Gasteiger partial charge in [0.1, 0.15) is 0 Å². The standard InChI is InChI=1S/C11H16N2/c1-9-4-5-11-10(8-9)12-6-3-7-13(11)2/h4-5,8,12H,3,6-7H2,1-2H3. The van der Waals surface area contributed by atoms with Crippen LogP contribution in [0.4, 0.5) is 11.4 Å². The molecule has 0 spiro atoms. The van der Waals surface area contributed by atoms with Crippen LogP contribution in [0.15, 0.2) is 18.2 Å². The molecule has 1 aromatic rings. The first-order valence-electron chi connectivity index (χ1n) is 4.83. The van der Waals surface area contributed by atoms with Crippen LogP contribution in [0.3, 0.4) is 0 Å². The number of nitrogens with zero attached hydrogens (tertiary/aromatic N) is 1. The van der Waals surface area contributed by atoms with E-state index in [2.05, 4.69) is 42.4 Å². The van der Waals surface area contributed by atoms with Gasteiger partial charge in [-0.05, 0) is 31.0 Å². The molecular formula is C11H16N2. The first kappa shape index (κ1) is 8.42. The second-order valence-corrected chi connectivity index (χ2v) is 3.72. The lowest BCUT2D eigenvalue weighted by atomic mass is 10.2. The Hall–Kier alpha value is -1.18. The monoisotopic (exact) mass is 176 g/mol. The van der Waals surface area contributed by atoms with Crippen molar-refractivity contribution < 1.29 is 0 Å². The fourth-order valence-corrected chi connectivity index (χ4v) is 1.78. The lowest BCUT2D eigenvalue weighted by Gasteiger charge is -2.18. The third-order valence-corrected chi connectivity index (χ3v) is 2.55. The van der Waals surface area contributed by atoms with E-state index in [1.54, 1.807) is 0 Å². The number of fused-ring (bicyclic) bond motifs is 1. The average molecular weight is 176 g/mol. The predicted octanol–water partition coefficient (Wildman–Crippen LogP) is 2.25. The first-order valence-corrected chi connectivity index (χ1v) is 4.83. The van der Waals surface area contributed by atoms with Gasteiger partial charge in [0, 0.05) is 20.1 Å². The molecule has 0 amide bonds. The minimum Gasteiger partial charge on any atom is -0.383 e. The summed E-state index contributed by atoms with van der Waals surface area (Å²) in [5.41, 5.74) is 3.92. The molecule has 0 aliphatic carbocycles. The summed E-state index contributed by atoms with van der Waals surface area (Å²) in [6.45, 7) is 4.36. The molecule has 0 aromatic heterocycles. The zero-order chi connectivity index (χ0) is 9.26. The summed E-state index contributed by atoms with van der Waals surface area (Å²) in [7, 11) is 2.15.